The van der Waals surface area contributed by atoms with Gasteiger partial charge in [0.05, 0.1) is 5.69 Å². The first-order valence-electron chi connectivity index (χ1n) is 7.32. The van der Waals surface area contributed by atoms with Crippen molar-refractivity contribution in [1.82, 2.24) is 15.2 Å². The molecule has 0 atom stereocenters. The van der Waals surface area contributed by atoms with E-state index in [9.17, 15) is 0 Å². The summed E-state index contributed by atoms with van der Waals surface area (Å²) in [5, 5.41) is 4.55. The fourth-order valence-electron chi connectivity index (χ4n) is 1.89. The van der Waals surface area contributed by atoms with Gasteiger partial charge in [0, 0.05) is 37.0 Å². The second kappa shape index (κ2) is 7.38. The molecule has 1 rings (SSSR count). The molecule has 5 heteroatoms. The van der Waals surface area contributed by atoms with Crippen LogP contribution in [0.4, 0.5) is 5.13 Å². The molecule has 0 saturated heterocycles. The van der Waals surface area contributed by atoms with Crippen LogP contribution in [0.3, 0.4) is 0 Å². The summed E-state index contributed by atoms with van der Waals surface area (Å²) >= 11 is 1.82. The Kier molecular flexibility index (Phi) is 6.43. The lowest BCUT2D eigenvalue weighted by Crippen LogP contribution is -2.28. The van der Waals surface area contributed by atoms with Crippen LogP contribution in [0, 0.1) is 0 Å². The molecule has 0 aliphatic heterocycles. The molecule has 0 amide bonds. The molecule has 0 aromatic carbocycles. The summed E-state index contributed by atoms with van der Waals surface area (Å²) in [5.74, 6) is 0. The third-order valence-electron chi connectivity index (χ3n) is 3.14. The molecule has 4 nitrogen and oxygen atoms in total. The van der Waals surface area contributed by atoms with Crippen molar-refractivity contribution < 1.29 is 0 Å². The van der Waals surface area contributed by atoms with E-state index in [1.807, 2.05) is 11.3 Å². The lowest BCUT2D eigenvalue weighted by molar-refractivity contribution is 0.416. The van der Waals surface area contributed by atoms with Gasteiger partial charge >= 0.3 is 0 Å². The van der Waals surface area contributed by atoms with Gasteiger partial charge in [0.2, 0.25) is 0 Å². The zero-order valence-electron chi connectivity index (χ0n) is 14.1. The number of nitrogens with one attached hydrogen (secondary N) is 1. The number of thiazole rings is 1. The highest BCUT2D eigenvalue weighted by atomic mass is 32.1. The van der Waals surface area contributed by atoms with Gasteiger partial charge in [-0.25, -0.2) is 4.98 Å². The number of nitrogens with zero attached hydrogens (tertiary/aromatic N) is 3. The van der Waals surface area contributed by atoms with Gasteiger partial charge in [-0.1, -0.05) is 27.7 Å². The second-order valence-electron chi connectivity index (χ2n) is 6.52. The number of anilines is 1. The average Bonchev–Trinajstić information content (AvgIpc) is 2.77. The minimum atomic E-state index is 0.0991. The fraction of sp³-hybridized carbons (Fsp3) is 0.800. The van der Waals surface area contributed by atoms with Crippen molar-refractivity contribution in [2.45, 2.75) is 39.7 Å². The van der Waals surface area contributed by atoms with Crippen LogP contribution in [0.2, 0.25) is 0 Å². The van der Waals surface area contributed by atoms with Crippen molar-refractivity contribution in [1.29, 1.82) is 0 Å². The highest BCUT2D eigenvalue weighted by molar-refractivity contribution is 7.15. The van der Waals surface area contributed by atoms with Gasteiger partial charge in [0.25, 0.3) is 0 Å². The Morgan fingerprint density at radius 1 is 1.15 bits per heavy atom. The summed E-state index contributed by atoms with van der Waals surface area (Å²) < 4.78 is 0. The van der Waals surface area contributed by atoms with Crippen LogP contribution in [0.5, 0.6) is 0 Å². The molecule has 116 valence electrons. The van der Waals surface area contributed by atoms with Gasteiger partial charge in [-0.3, -0.25) is 0 Å². The van der Waals surface area contributed by atoms with Gasteiger partial charge in [-0.2, -0.15) is 0 Å². The maximum absolute atomic E-state index is 4.90. The van der Waals surface area contributed by atoms with Crippen molar-refractivity contribution in [2.75, 3.05) is 45.7 Å². The Morgan fingerprint density at radius 2 is 1.80 bits per heavy atom. The van der Waals surface area contributed by atoms with Gasteiger partial charge in [0.15, 0.2) is 5.13 Å². The van der Waals surface area contributed by atoms with E-state index < -0.39 is 0 Å². The average molecular weight is 298 g/mol. The molecule has 1 N–H and O–H groups in total. The van der Waals surface area contributed by atoms with Crippen molar-refractivity contribution >= 4 is 16.5 Å². The summed E-state index contributed by atoms with van der Waals surface area (Å²) in [7, 11) is 6.34. The highest BCUT2D eigenvalue weighted by Gasteiger charge is 2.24. The van der Waals surface area contributed by atoms with Crippen molar-refractivity contribution in [2.24, 2.45) is 0 Å². The molecule has 1 aromatic heterocycles. The molecule has 0 unspecified atom stereocenters. The van der Waals surface area contributed by atoms with E-state index in [0.717, 1.165) is 31.3 Å². The third-order valence-corrected chi connectivity index (χ3v) is 4.31. The van der Waals surface area contributed by atoms with Crippen LogP contribution in [0.25, 0.3) is 0 Å². The number of aromatic nitrogens is 1. The lowest BCUT2D eigenvalue weighted by Gasteiger charge is -2.19. The highest BCUT2D eigenvalue weighted by Crippen LogP contribution is 2.33. The number of hydrogen-bond acceptors (Lipinski definition) is 5. The first-order valence-corrected chi connectivity index (χ1v) is 8.14. The first kappa shape index (κ1) is 17.4. The molecule has 0 aliphatic rings. The summed E-state index contributed by atoms with van der Waals surface area (Å²) in [6.45, 7) is 12.8. The van der Waals surface area contributed by atoms with Crippen LogP contribution in [-0.4, -0.2) is 50.7 Å². The maximum atomic E-state index is 4.90. The Balaban J connectivity index is 2.90. The zero-order valence-corrected chi connectivity index (χ0v) is 14.9. The number of hydrogen-bond donors (Lipinski definition) is 1. The minimum Gasteiger partial charge on any atom is -0.350 e. The van der Waals surface area contributed by atoms with Crippen LogP contribution < -0.4 is 10.2 Å². The molecular weight excluding hydrogens is 268 g/mol. The summed E-state index contributed by atoms with van der Waals surface area (Å²) in [6, 6.07) is 0. The number of rotatable bonds is 7. The predicted octanol–water partition coefficient (Wildman–Crippen LogP) is 2.55. The quantitative estimate of drug-likeness (QED) is 0.838. The van der Waals surface area contributed by atoms with Crippen LogP contribution in [0.1, 0.15) is 38.3 Å². The molecule has 0 bridgehead atoms. The van der Waals surface area contributed by atoms with Crippen molar-refractivity contribution in [3.8, 4) is 0 Å². The van der Waals surface area contributed by atoms with E-state index in [0.29, 0.717) is 0 Å². The third kappa shape index (κ3) is 5.04. The van der Waals surface area contributed by atoms with E-state index in [1.165, 1.54) is 10.6 Å². The lowest BCUT2D eigenvalue weighted by atomic mass is 9.91. The molecule has 0 spiro atoms. The van der Waals surface area contributed by atoms with E-state index in [-0.39, 0.29) is 5.41 Å². The topological polar surface area (TPSA) is 31.4 Å². The first-order chi connectivity index (χ1) is 9.25. The molecule has 1 heterocycles. The molecule has 0 fully saturated rings. The van der Waals surface area contributed by atoms with Crippen molar-refractivity contribution in [3.05, 3.63) is 10.6 Å². The molecule has 0 aliphatic carbocycles. The Labute approximate surface area is 128 Å². The smallest absolute Gasteiger partial charge is 0.185 e. The summed E-state index contributed by atoms with van der Waals surface area (Å²) in [4.78, 5) is 10.7. The zero-order chi connectivity index (χ0) is 15.3. The maximum Gasteiger partial charge on any atom is 0.185 e. The SMILES string of the molecule is CCNCc1sc(N(C)CCN(C)C)nc1C(C)(C)C. The van der Waals surface area contributed by atoms with Crippen LogP contribution in [0.15, 0.2) is 0 Å². The molecule has 0 saturated carbocycles. The van der Waals surface area contributed by atoms with Crippen LogP contribution in [-0.2, 0) is 12.0 Å². The van der Waals surface area contributed by atoms with Gasteiger partial charge in [-0.15, -0.1) is 11.3 Å². The van der Waals surface area contributed by atoms with E-state index >= 15 is 0 Å². The van der Waals surface area contributed by atoms with E-state index in [1.54, 1.807) is 0 Å². The van der Waals surface area contributed by atoms with Crippen molar-refractivity contribution in [3.63, 3.8) is 0 Å². The van der Waals surface area contributed by atoms with E-state index in [2.05, 4.69) is 64.0 Å². The van der Waals surface area contributed by atoms with Gasteiger partial charge < -0.3 is 15.1 Å². The Morgan fingerprint density at radius 3 is 2.30 bits per heavy atom. The standard InChI is InChI=1S/C15H30N4S/c1-8-16-11-12-13(15(2,3)4)17-14(20-12)19(7)10-9-18(5)6/h16H,8-11H2,1-7H3. The fourth-order valence-corrected chi connectivity index (χ4v) is 3.12. The summed E-state index contributed by atoms with van der Waals surface area (Å²) in [6.07, 6.45) is 0. The molecule has 0 radical (unpaired) electrons. The Bertz CT molecular complexity index is 406. The second-order valence-corrected chi connectivity index (χ2v) is 7.59. The van der Waals surface area contributed by atoms with Gasteiger partial charge in [-0.05, 0) is 20.6 Å². The predicted molar refractivity (Wildman–Crippen MR) is 90.0 cm³/mol. The largest absolute Gasteiger partial charge is 0.350 e. The molecule has 20 heavy (non-hydrogen) atoms. The summed E-state index contributed by atoms with van der Waals surface area (Å²) in [5.41, 5.74) is 1.33. The van der Waals surface area contributed by atoms with Gasteiger partial charge in [0.1, 0.15) is 0 Å². The number of likely N-dealkylation sites (N-methyl/N-ethyl adjacent to an activating group) is 2. The van der Waals surface area contributed by atoms with Crippen LogP contribution >= 0.6 is 11.3 Å². The monoisotopic (exact) mass is 298 g/mol. The Hall–Kier alpha value is -0.650. The molecule has 1 aromatic rings. The normalized spacial score (nSPS) is 12.2. The minimum absolute atomic E-state index is 0.0991. The van der Waals surface area contributed by atoms with E-state index in [4.69, 9.17) is 4.98 Å². The molecular formula is C15H30N4S.